The Morgan fingerprint density at radius 3 is 2.06 bits per heavy atom. The molecule has 1 heterocycles. The quantitative estimate of drug-likeness (QED) is 0.362. The third-order valence-corrected chi connectivity index (χ3v) is 5.13. The average Bonchev–Trinajstić information content (AvgIpc) is 2.85. The van der Waals surface area contributed by atoms with Gasteiger partial charge in [0.1, 0.15) is 12.3 Å². The summed E-state index contributed by atoms with van der Waals surface area (Å²) in [6.45, 7) is -0.842. The Balaban J connectivity index is 1.48. The van der Waals surface area contributed by atoms with Crippen LogP contribution in [0.1, 0.15) is 10.4 Å². The van der Waals surface area contributed by atoms with Crippen LogP contribution in [0.4, 0.5) is 0 Å². The molecule has 0 bridgehead atoms. The van der Waals surface area contributed by atoms with Crippen LogP contribution < -0.4 is 15.5 Å². The lowest BCUT2D eigenvalue weighted by Gasteiger charge is -2.14. The molecule has 0 radical (unpaired) electrons. The van der Waals surface area contributed by atoms with Gasteiger partial charge in [0.25, 0.3) is 11.8 Å². The van der Waals surface area contributed by atoms with Crippen molar-refractivity contribution in [1.82, 2.24) is 9.88 Å². The van der Waals surface area contributed by atoms with E-state index in [0.29, 0.717) is 27.6 Å². The number of nitrogens with one attached hydrogen (secondary N) is 1. The molecule has 1 N–H and O–H groups in total. The monoisotopic (exact) mass is 444 g/mol. The summed E-state index contributed by atoms with van der Waals surface area (Å²) in [6.07, 6.45) is 0. The van der Waals surface area contributed by atoms with Crippen LogP contribution >= 0.6 is 0 Å². The van der Waals surface area contributed by atoms with Crippen LogP contribution in [0.3, 0.4) is 0 Å². The fraction of sp³-hybridized carbons (Fsp3) is 0.120. The number of hydrogen-bond acceptors (Lipinski definition) is 6. The van der Waals surface area contributed by atoms with E-state index in [1.165, 1.54) is 13.2 Å². The first-order valence-electron chi connectivity index (χ1n) is 10.1. The number of carbonyl (C=O) groups excluding carboxylic acids is 3. The van der Waals surface area contributed by atoms with E-state index in [1.54, 1.807) is 71.3 Å². The predicted molar refractivity (Wildman–Crippen MR) is 122 cm³/mol. The number of methoxy groups -OCH3 is 1. The average molecular weight is 444 g/mol. The van der Waals surface area contributed by atoms with E-state index in [4.69, 9.17) is 9.47 Å². The molecule has 8 heteroatoms. The fourth-order valence-electron chi connectivity index (χ4n) is 3.63. The van der Waals surface area contributed by atoms with Crippen molar-refractivity contribution in [2.75, 3.05) is 13.7 Å². The fourth-order valence-corrected chi connectivity index (χ4v) is 3.63. The minimum atomic E-state index is -0.770. The molecule has 8 nitrogen and oxygen atoms in total. The van der Waals surface area contributed by atoms with E-state index in [0.717, 1.165) is 0 Å². The molecule has 0 saturated carbocycles. The van der Waals surface area contributed by atoms with Gasteiger partial charge in [0.05, 0.1) is 23.7 Å². The van der Waals surface area contributed by atoms with Crippen LogP contribution in [0.5, 0.6) is 5.75 Å². The summed E-state index contributed by atoms with van der Waals surface area (Å²) >= 11 is 0. The third-order valence-electron chi connectivity index (χ3n) is 5.13. The number of carbonyl (C=O) groups is 3. The Kier molecular flexibility index (Phi) is 6.17. The lowest BCUT2D eigenvalue weighted by molar-refractivity contribution is -0.148. The van der Waals surface area contributed by atoms with Crippen LogP contribution in [0.25, 0.3) is 21.8 Å². The maximum atomic E-state index is 12.8. The second kappa shape index (κ2) is 9.35. The molecule has 0 aliphatic rings. The Morgan fingerprint density at radius 2 is 1.42 bits per heavy atom. The topological polar surface area (TPSA) is 104 Å². The smallest absolute Gasteiger partial charge is 0.326 e. The highest BCUT2D eigenvalue weighted by atomic mass is 16.5. The normalized spacial score (nSPS) is 10.7. The summed E-state index contributed by atoms with van der Waals surface area (Å²) in [4.78, 5) is 49.8. The molecule has 2 amide bonds. The maximum absolute atomic E-state index is 12.8. The van der Waals surface area contributed by atoms with Crippen molar-refractivity contribution in [1.29, 1.82) is 0 Å². The van der Waals surface area contributed by atoms with Crippen molar-refractivity contribution in [3.05, 3.63) is 88.6 Å². The highest BCUT2D eigenvalue weighted by Crippen LogP contribution is 2.19. The minimum Gasteiger partial charge on any atom is -0.496 e. The van der Waals surface area contributed by atoms with E-state index < -0.39 is 24.4 Å². The molecule has 0 fully saturated rings. The number of nitrogens with zero attached hydrogens (tertiary/aromatic N) is 1. The first-order chi connectivity index (χ1) is 16.0. The Morgan fingerprint density at radius 1 is 0.848 bits per heavy atom. The van der Waals surface area contributed by atoms with Crippen molar-refractivity contribution in [3.63, 3.8) is 0 Å². The predicted octanol–water partition coefficient (Wildman–Crippen LogP) is 2.66. The molecule has 0 atom stereocenters. The van der Waals surface area contributed by atoms with Gasteiger partial charge in [-0.05, 0) is 36.4 Å². The molecule has 33 heavy (non-hydrogen) atoms. The van der Waals surface area contributed by atoms with Crippen molar-refractivity contribution in [3.8, 4) is 5.75 Å². The summed E-state index contributed by atoms with van der Waals surface area (Å²) in [6, 6.07) is 20.4. The van der Waals surface area contributed by atoms with Gasteiger partial charge in [-0.1, -0.05) is 36.4 Å². The third kappa shape index (κ3) is 4.45. The largest absolute Gasteiger partial charge is 0.496 e. The number of fused-ring (bicyclic) bond motifs is 2. The number of esters is 1. The van der Waals surface area contributed by atoms with Gasteiger partial charge in [0, 0.05) is 10.8 Å². The van der Waals surface area contributed by atoms with Gasteiger partial charge in [-0.25, -0.2) is 0 Å². The molecule has 1 aromatic heterocycles. The number of aromatic nitrogens is 1. The number of hydrogen-bond donors (Lipinski definition) is 1. The van der Waals surface area contributed by atoms with Gasteiger partial charge >= 0.3 is 5.97 Å². The van der Waals surface area contributed by atoms with E-state index >= 15 is 0 Å². The molecule has 166 valence electrons. The summed E-state index contributed by atoms with van der Waals surface area (Å²) in [7, 11) is 1.42. The zero-order valence-electron chi connectivity index (χ0n) is 17.7. The second-order valence-electron chi connectivity index (χ2n) is 7.19. The summed E-state index contributed by atoms with van der Waals surface area (Å²) in [5, 5.41) is 3.13. The van der Waals surface area contributed by atoms with Crippen molar-refractivity contribution in [2.45, 2.75) is 6.54 Å². The Hall–Kier alpha value is -4.46. The number of rotatable bonds is 6. The molecule has 0 unspecified atom stereocenters. The standard InChI is InChI=1S/C25H20N2O6/c1-32-21-13-7-4-10-18(21)25(31)26-22(28)15-33-23(29)14-27-19-11-5-2-8-16(19)24(30)17-9-3-6-12-20(17)27/h2-13H,14-15H2,1H3,(H,26,28,31). The van der Waals surface area contributed by atoms with Gasteiger partial charge in [-0.3, -0.25) is 24.5 Å². The van der Waals surface area contributed by atoms with Gasteiger partial charge in [0.15, 0.2) is 12.0 Å². The first-order valence-corrected chi connectivity index (χ1v) is 10.1. The number of pyridine rings is 1. The summed E-state index contributed by atoms with van der Waals surface area (Å²) in [5.41, 5.74) is 1.22. The molecule has 3 aromatic carbocycles. The first kappa shape index (κ1) is 21.8. The van der Waals surface area contributed by atoms with Crippen LogP contribution in [0.15, 0.2) is 77.6 Å². The van der Waals surface area contributed by atoms with Crippen LogP contribution in [-0.2, 0) is 20.9 Å². The van der Waals surface area contributed by atoms with Gasteiger partial charge in [0.2, 0.25) is 0 Å². The number of ether oxygens (including phenoxy) is 2. The molecular formula is C25H20N2O6. The highest BCUT2D eigenvalue weighted by molar-refractivity contribution is 6.06. The van der Waals surface area contributed by atoms with Gasteiger partial charge in [-0.15, -0.1) is 0 Å². The second-order valence-corrected chi connectivity index (χ2v) is 7.19. The molecule has 0 aliphatic heterocycles. The van der Waals surface area contributed by atoms with E-state index in [2.05, 4.69) is 5.32 Å². The molecule has 0 aliphatic carbocycles. The summed E-state index contributed by atoms with van der Waals surface area (Å²) in [5.74, 6) is -1.80. The maximum Gasteiger partial charge on any atom is 0.326 e. The Labute approximate surface area is 188 Å². The lowest BCUT2D eigenvalue weighted by Crippen LogP contribution is -2.34. The number of para-hydroxylation sites is 3. The zero-order valence-corrected chi connectivity index (χ0v) is 17.7. The van der Waals surface area contributed by atoms with Gasteiger partial charge in [-0.2, -0.15) is 0 Å². The SMILES string of the molecule is COc1ccccc1C(=O)NC(=O)COC(=O)Cn1c2ccccc2c(=O)c2ccccc21. The van der Waals surface area contributed by atoms with Crippen LogP contribution in [-0.4, -0.2) is 36.1 Å². The minimum absolute atomic E-state index is 0.125. The zero-order chi connectivity index (χ0) is 23.4. The molecule has 0 saturated heterocycles. The molecule has 4 aromatic rings. The molecule has 4 rings (SSSR count). The highest BCUT2D eigenvalue weighted by Gasteiger charge is 2.17. The van der Waals surface area contributed by atoms with Crippen molar-refractivity contribution in [2.24, 2.45) is 0 Å². The van der Waals surface area contributed by atoms with E-state index in [9.17, 15) is 19.2 Å². The molecule has 0 spiro atoms. The van der Waals surface area contributed by atoms with E-state index in [1.807, 2.05) is 0 Å². The van der Waals surface area contributed by atoms with Crippen molar-refractivity contribution < 1.29 is 23.9 Å². The van der Waals surface area contributed by atoms with E-state index in [-0.39, 0.29) is 17.5 Å². The van der Waals surface area contributed by atoms with Crippen LogP contribution in [0.2, 0.25) is 0 Å². The van der Waals surface area contributed by atoms with Crippen LogP contribution in [0, 0.1) is 0 Å². The number of amides is 2. The number of imide groups is 1. The molecular weight excluding hydrogens is 424 g/mol. The Bertz CT molecular complexity index is 1380. The number of benzene rings is 3. The summed E-state index contributed by atoms with van der Waals surface area (Å²) < 4.78 is 11.9. The van der Waals surface area contributed by atoms with Crippen molar-refractivity contribution >= 4 is 39.6 Å². The van der Waals surface area contributed by atoms with Gasteiger partial charge < -0.3 is 14.0 Å². The lowest BCUT2D eigenvalue weighted by atomic mass is 10.1.